The van der Waals surface area contributed by atoms with Gasteiger partial charge in [0.1, 0.15) is 18.2 Å². The number of nitrogen functional groups attached to an aromatic ring is 1. The van der Waals surface area contributed by atoms with Crippen LogP contribution in [0.25, 0.3) is 0 Å². The smallest absolute Gasteiger partial charge is 0.224 e. The molecule has 7 nitrogen and oxygen atoms in total. The molecule has 1 aromatic heterocycles. The van der Waals surface area contributed by atoms with Crippen molar-refractivity contribution < 1.29 is 9.47 Å². The summed E-state index contributed by atoms with van der Waals surface area (Å²) in [6.07, 6.45) is 0. The number of hydrogen-bond acceptors (Lipinski definition) is 7. The van der Waals surface area contributed by atoms with Crippen LogP contribution in [0.15, 0.2) is 30.3 Å². The van der Waals surface area contributed by atoms with E-state index in [9.17, 15) is 0 Å². The second kappa shape index (κ2) is 7.19. The van der Waals surface area contributed by atoms with Crippen LogP contribution >= 0.6 is 0 Å². The Balaban J connectivity index is 2.23. The molecule has 0 saturated carbocycles. The zero-order valence-corrected chi connectivity index (χ0v) is 11.5. The van der Waals surface area contributed by atoms with E-state index in [0.29, 0.717) is 35.4 Å². The molecular formula is C14H15N5O2. The van der Waals surface area contributed by atoms with E-state index in [2.05, 4.69) is 15.4 Å². The monoisotopic (exact) mass is 285 g/mol. The van der Waals surface area contributed by atoms with Crippen LogP contribution in [0.3, 0.4) is 0 Å². The molecular weight excluding hydrogens is 270 g/mol. The van der Waals surface area contributed by atoms with Gasteiger partial charge in [-0.25, -0.2) is 10.8 Å². The topological polar surface area (TPSA) is 106 Å². The molecule has 0 atom stereocenters. The maximum atomic E-state index is 8.88. The molecule has 7 heteroatoms. The Kier molecular flexibility index (Phi) is 5.04. The van der Waals surface area contributed by atoms with Gasteiger partial charge in [-0.05, 0) is 25.1 Å². The van der Waals surface area contributed by atoms with E-state index in [4.69, 9.17) is 20.6 Å². The molecule has 2 aromatic rings. The van der Waals surface area contributed by atoms with E-state index in [1.54, 1.807) is 30.3 Å². The van der Waals surface area contributed by atoms with E-state index in [1.807, 2.05) is 13.0 Å². The molecule has 1 aromatic carbocycles. The summed E-state index contributed by atoms with van der Waals surface area (Å²) in [6, 6.07) is 10.4. The minimum Gasteiger partial charge on any atom is -0.439 e. The second-order valence-corrected chi connectivity index (χ2v) is 4.03. The maximum Gasteiger partial charge on any atom is 0.224 e. The normalized spacial score (nSPS) is 9.95. The lowest BCUT2D eigenvalue weighted by molar-refractivity contribution is 0.128. The third-order valence-electron chi connectivity index (χ3n) is 2.52. The molecule has 21 heavy (non-hydrogen) atoms. The molecule has 3 N–H and O–H groups in total. The molecule has 1 heterocycles. The van der Waals surface area contributed by atoms with Gasteiger partial charge in [0.2, 0.25) is 5.88 Å². The highest BCUT2D eigenvalue weighted by Gasteiger charge is 2.07. The van der Waals surface area contributed by atoms with Gasteiger partial charge in [-0.1, -0.05) is 6.07 Å². The third-order valence-corrected chi connectivity index (χ3v) is 2.52. The number of nitrogens with one attached hydrogen (secondary N) is 1. The van der Waals surface area contributed by atoms with Crippen LogP contribution in [-0.2, 0) is 11.3 Å². The fourth-order valence-corrected chi connectivity index (χ4v) is 1.61. The first-order valence-electron chi connectivity index (χ1n) is 6.35. The second-order valence-electron chi connectivity index (χ2n) is 4.03. The highest BCUT2D eigenvalue weighted by molar-refractivity contribution is 5.41. The minimum absolute atomic E-state index is 0.264. The van der Waals surface area contributed by atoms with Crippen molar-refractivity contribution in [2.75, 3.05) is 12.0 Å². The van der Waals surface area contributed by atoms with Crippen molar-refractivity contribution in [1.29, 1.82) is 5.26 Å². The first-order valence-corrected chi connectivity index (χ1v) is 6.35. The number of nitrogens with zero attached hydrogens (tertiary/aromatic N) is 3. The third kappa shape index (κ3) is 4.14. The lowest BCUT2D eigenvalue weighted by atomic mass is 10.2. The number of nitrogens with two attached hydrogens (primary N) is 1. The highest BCUT2D eigenvalue weighted by atomic mass is 16.5. The van der Waals surface area contributed by atoms with Crippen LogP contribution in [0.1, 0.15) is 18.3 Å². The van der Waals surface area contributed by atoms with Crippen LogP contribution in [0.5, 0.6) is 11.6 Å². The van der Waals surface area contributed by atoms with Gasteiger partial charge in [-0.2, -0.15) is 10.2 Å². The fourth-order valence-electron chi connectivity index (χ4n) is 1.61. The van der Waals surface area contributed by atoms with Gasteiger partial charge in [-0.15, -0.1) is 0 Å². The average Bonchev–Trinajstić information content (AvgIpc) is 2.52. The highest BCUT2D eigenvalue weighted by Crippen LogP contribution is 2.22. The van der Waals surface area contributed by atoms with Crippen molar-refractivity contribution in [1.82, 2.24) is 9.97 Å². The molecule has 108 valence electrons. The minimum atomic E-state index is 0.264. The van der Waals surface area contributed by atoms with E-state index < -0.39 is 0 Å². The number of hydrogen-bond donors (Lipinski definition) is 2. The molecule has 0 bridgehead atoms. The number of hydrazine groups is 1. The van der Waals surface area contributed by atoms with Crippen molar-refractivity contribution in [3.8, 4) is 17.7 Å². The number of anilines is 1. The predicted octanol–water partition coefficient (Wildman–Crippen LogP) is 1.96. The molecule has 0 fully saturated rings. The first-order chi connectivity index (χ1) is 10.2. The van der Waals surface area contributed by atoms with E-state index in [-0.39, 0.29) is 6.61 Å². The molecule has 0 aliphatic carbocycles. The summed E-state index contributed by atoms with van der Waals surface area (Å²) in [6.45, 7) is 2.71. The van der Waals surface area contributed by atoms with Crippen LogP contribution in [-0.4, -0.2) is 16.6 Å². The summed E-state index contributed by atoms with van der Waals surface area (Å²) in [7, 11) is 0. The largest absolute Gasteiger partial charge is 0.439 e. The van der Waals surface area contributed by atoms with Gasteiger partial charge in [-0.3, -0.25) is 0 Å². The summed E-state index contributed by atoms with van der Waals surface area (Å²) < 4.78 is 10.9. The average molecular weight is 285 g/mol. The Morgan fingerprint density at radius 2 is 2.19 bits per heavy atom. The van der Waals surface area contributed by atoms with Crippen LogP contribution in [0.2, 0.25) is 0 Å². The lowest BCUT2D eigenvalue weighted by Crippen LogP contribution is -2.11. The standard InChI is InChI=1S/C14H15N5O2/c1-2-20-9-13-17-12(19-16)7-14(18-13)21-11-5-3-4-10(6-11)8-15/h3-7H,2,9,16H2,1H3,(H,17,18,19). The predicted molar refractivity (Wildman–Crippen MR) is 76.4 cm³/mol. The van der Waals surface area contributed by atoms with Crippen LogP contribution < -0.4 is 16.0 Å². The van der Waals surface area contributed by atoms with E-state index >= 15 is 0 Å². The Hall–Kier alpha value is -2.69. The molecule has 0 aliphatic rings. The van der Waals surface area contributed by atoms with Crippen molar-refractivity contribution >= 4 is 5.82 Å². The molecule has 0 saturated heterocycles. The molecule has 0 aliphatic heterocycles. The van der Waals surface area contributed by atoms with Gasteiger partial charge >= 0.3 is 0 Å². The van der Waals surface area contributed by atoms with E-state index in [0.717, 1.165) is 0 Å². The zero-order chi connectivity index (χ0) is 15.1. The van der Waals surface area contributed by atoms with Crippen molar-refractivity contribution in [3.05, 3.63) is 41.7 Å². The Labute approximate surface area is 122 Å². The number of rotatable bonds is 6. The summed E-state index contributed by atoms with van der Waals surface area (Å²) in [5.41, 5.74) is 2.96. The molecule has 0 unspecified atom stereocenters. The van der Waals surface area contributed by atoms with Crippen LogP contribution in [0, 0.1) is 11.3 Å². The summed E-state index contributed by atoms with van der Waals surface area (Å²) in [4.78, 5) is 8.39. The van der Waals surface area contributed by atoms with Crippen molar-refractivity contribution in [2.45, 2.75) is 13.5 Å². The lowest BCUT2D eigenvalue weighted by Gasteiger charge is -2.09. The van der Waals surface area contributed by atoms with E-state index in [1.165, 1.54) is 0 Å². The van der Waals surface area contributed by atoms with Gasteiger partial charge in [0, 0.05) is 12.7 Å². The number of benzene rings is 1. The van der Waals surface area contributed by atoms with Gasteiger partial charge in [0.05, 0.1) is 11.6 Å². The SMILES string of the molecule is CCOCc1nc(NN)cc(Oc2cccc(C#N)c2)n1. The quantitative estimate of drug-likeness (QED) is 0.617. The summed E-state index contributed by atoms with van der Waals surface area (Å²) in [5.74, 6) is 7.09. The molecule has 0 radical (unpaired) electrons. The Morgan fingerprint density at radius 1 is 1.33 bits per heavy atom. The van der Waals surface area contributed by atoms with Gasteiger partial charge in [0.25, 0.3) is 0 Å². The zero-order valence-electron chi connectivity index (χ0n) is 11.5. The molecule has 2 rings (SSSR count). The number of nitriles is 1. The van der Waals surface area contributed by atoms with Gasteiger partial charge < -0.3 is 14.9 Å². The first kappa shape index (κ1) is 14.7. The van der Waals surface area contributed by atoms with Crippen molar-refractivity contribution in [2.24, 2.45) is 5.84 Å². The molecule has 0 amide bonds. The Bertz CT molecular complexity index is 654. The Morgan fingerprint density at radius 3 is 2.90 bits per heavy atom. The maximum absolute atomic E-state index is 8.88. The molecule has 0 spiro atoms. The summed E-state index contributed by atoms with van der Waals surface area (Å²) >= 11 is 0. The van der Waals surface area contributed by atoms with Crippen LogP contribution in [0.4, 0.5) is 5.82 Å². The van der Waals surface area contributed by atoms with Crippen molar-refractivity contribution in [3.63, 3.8) is 0 Å². The summed E-state index contributed by atoms with van der Waals surface area (Å²) in [5, 5.41) is 8.88. The fraction of sp³-hybridized carbons (Fsp3) is 0.214. The number of aromatic nitrogens is 2. The number of ether oxygens (including phenoxy) is 2. The van der Waals surface area contributed by atoms with Gasteiger partial charge in [0.15, 0.2) is 5.82 Å².